The molecule has 0 bridgehead atoms. The van der Waals surface area contributed by atoms with Gasteiger partial charge >= 0.3 is 20.8 Å². The van der Waals surface area contributed by atoms with Crippen molar-refractivity contribution >= 4 is 20.8 Å². The van der Waals surface area contributed by atoms with Crippen LogP contribution >= 0.6 is 0 Å². The molecule has 2 rings (SSSR count). The highest BCUT2D eigenvalue weighted by Gasteiger charge is 2.27. The average Bonchev–Trinajstić information content (AvgIpc) is 2.67. The van der Waals surface area contributed by atoms with E-state index in [4.69, 9.17) is 8.37 Å². The van der Waals surface area contributed by atoms with Crippen LogP contribution in [-0.4, -0.2) is 30.0 Å². The fourth-order valence-electron chi connectivity index (χ4n) is 2.90. The first-order chi connectivity index (χ1) is 14.0. The first-order valence-electron chi connectivity index (χ1n) is 9.44. The maximum absolute atomic E-state index is 11.6. The normalized spacial score (nSPS) is 12.5. The molecule has 0 atom stereocenters. The van der Waals surface area contributed by atoms with Crippen LogP contribution in [-0.2, 0) is 34.6 Å². The Morgan fingerprint density at radius 2 is 1.00 bits per heavy atom. The fraction of sp³-hybridized carbons (Fsp3) is 0.400. The van der Waals surface area contributed by atoms with Crippen LogP contribution in [0.1, 0.15) is 45.2 Å². The summed E-state index contributed by atoms with van der Waals surface area (Å²) in [6.45, 7) is 7.14. The van der Waals surface area contributed by atoms with Gasteiger partial charge in [0, 0.05) is 5.41 Å². The Morgan fingerprint density at radius 3 is 1.27 bits per heavy atom. The summed E-state index contributed by atoms with van der Waals surface area (Å²) >= 11 is 0. The molecule has 0 unspecified atom stereocenters. The van der Waals surface area contributed by atoms with E-state index in [0.29, 0.717) is 0 Å². The van der Waals surface area contributed by atoms with E-state index in [1.807, 2.05) is 13.8 Å². The molecule has 0 spiro atoms. The molecule has 0 heterocycles. The third-order valence-corrected chi connectivity index (χ3v) is 6.45. The van der Waals surface area contributed by atoms with Gasteiger partial charge in [-0.1, -0.05) is 38.1 Å². The standard InChI is InChI=1S/C20H26O8S2/c1-5-20(4,16-8-12-18(13-9-16)27-29(21,22)25-6-2)17-10-14-19(15-11-17)28-30(23,24)26-7-3/h8-15H,5-7H2,1-4H3. The van der Waals surface area contributed by atoms with Gasteiger partial charge in [0.05, 0.1) is 13.2 Å². The summed E-state index contributed by atoms with van der Waals surface area (Å²) in [4.78, 5) is 0. The smallest absolute Gasteiger partial charge is 0.362 e. The molecule has 0 saturated carbocycles. The van der Waals surface area contributed by atoms with E-state index in [1.54, 1.807) is 62.4 Å². The van der Waals surface area contributed by atoms with Crippen LogP contribution in [0.2, 0.25) is 0 Å². The summed E-state index contributed by atoms with van der Waals surface area (Å²) in [7, 11) is -8.18. The summed E-state index contributed by atoms with van der Waals surface area (Å²) in [6.07, 6.45) is 0.738. The molecule has 8 nitrogen and oxygen atoms in total. The molecule has 0 aliphatic heterocycles. The molecular weight excluding hydrogens is 432 g/mol. The van der Waals surface area contributed by atoms with Crippen LogP contribution in [0.3, 0.4) is 0 Å². The molecule has 30 heavy (non-hydrogen) atoms. The third kappa shape index (κ3) is 6.18. The van der Waals surface area contributed by atoms with Crippen LogP contribution in [0.5, 0.6) is 11.5 Å². The largest absolute Gasteiger partial charge is 0.449 e. The van der Waals surface area contributed by atoms with Crippen molar-refractivity contribution in [3.05, 3.63) is 59.7 Å². The second-order valence-corrected chi connectivity index (χ2v) is 8.97. The van der Waals surface area contributed by atoms with Crippen LogP contribution in [0.4, 0.5) is 0 Å². The molecular formula is C20H26O8S2. The Balaban J connectivity index is 2.24. The van der Waals surface area contributed by atoms with E-state index in [2.05, 4.69) is 8.37 Å². The molecule has 0 N–H and O–H groups in total. The van der Waals surface area contributed by atoms with Crippen molar-refractivity contribution in [3.8, 4) is 11.5 Å². The van der Waals surface area contributed by atoms with Gasteiger partial charge in [-0.05, 0) is 55.7 Å². The van der Waals surface area contributed by atoms with E-state index in [9.17, 15) is 16.8 Å². The summed E-state index contributed by atoms with van der Waals surface area (Å²) in [6, 6.07) is 13.4. The quantitative estimate of drug-likeness (QED) is 0.502. The van der Waals surface area contributed by atoms with Gasteiger partial charge in [-0.15, -0.1) is 0 Å². The summed E-state index contributed by atoms with van der Waals surface area (Å²) < 4.78 is 65.4. The van der Waals surface area contributed by atoms with Crippen molar-refractivity contribution in [2.45, 2.75) is 39.5 Å². The molecule has 0 fully saturated rings. The topological polar surface area (TPSA) is 105 Å². The number of hydrogen-bond donors (Lipinski definition) is 0. The maximum Gasteiger partial charge on any atom is 0.449 e. The highest BCUT2D eigenvalue weighted by atomic mass is 32.3. The minimum absolute atomic E-state index is 0.0140. The monoisotopic (exact) mass is 458 g/mol. The number of hydrogen-bond acceptors (Lipinski definition) is 8. The lowest BCUT2D eigenvalue weighted by Crippen LogP contribution is -2.22. The predicted octanol–water partition coefficient (Wildman–Crippen LogP) is 3.72. The molecule has 2 aromatic rings. The number of benzene rings is 2. The van der Waals surface area contributed by atoms with Crippen molar-refractivity contribution in [2.24, 2.45) is 0 Å². The van der Waals surface area contributed by atoms with Gasteiger partial charge < -0.3 is 8.37 Å². The minimum Gasteiger partial charge on any atom is -0.362 e. The van der Waals surface area contributed by atoms with E-state index in [1.165, 1.54) is 0 Å². The highest BCUT2D eigenvalue weighted by molar-refractivity contribution is 7.82. The fourth-order valence-corrected chi connectivity index (χ4v) is 4.27. The van der Waals surface area contributed by atoms with Crippen LogP contribution in [0.25, 0.3) is 0 Å². The lowest BCUT2D eigenvalue weighted by atomic mass is 9.74. The van der Waals surface area contributed by atoms with Crippen molar-refractivity contribution < 1.29 is 33.6 Å². The summed E-state index contributed by atoms with van der Waals surface area (Å²) in [5, 5.41) is 0. The Bertz CT molecular complexity index is 946. The predicted molar refractivity (Wildman–Crippen MR) is 112 cm³/mol. The van der Waals surface area contributed by atoms with Gasteiger partial charge in [0.2, 0.25) is 0 Å². The molecule has 0 radical (unpaired) electrons. The SMILES string of the molecule is CCOS(=O)(=O)Oc1ccc(C(C)(CC)c2ccc(OS(=O)(=O)OCC)cc2)cc1. The lowest BCUT2D eigenvalue weighted by Gasteiger charge is -2.30. The van der Waals surface area contributed by atoms with Crippen molar-refractivity contribution in [1.29, 1.82) is 0 Å². The second kappa shape index (κ2) is 9.78. The Labute approximate surface area is 178 Å². The van der Waals surface area contributed by atoms with E-state index < -0.39 is 26.2 Å². The Hall–Kier alpha value is -2.14. The third-order valence-electron chi connectivity index (χ3n) is 4.61. The van der Waals surface area contributed by atoms with Gasteiger partial charge in [0.25, 0.3) is 0 Å². The van der Waals surface area contributed by atoms with Crippen LogP contribution < -0.4 is 8.37 Å². The average molecular weight is 459 g/mol. The molecule has 166 valence electrons. The van der Waals surface area contributed by atoms with Crippen molar-refractivity contribution in [3.63, 3.8) is 0 Å². The zero-order chi connectivity index (χ0) is 22.4. The van der Waals surface area contributed by atoms with E-state index in [0.717, 1.165) is 17.5 Å². The second-order valence-electron chi connectivity index (χ2n) is 6.53. The van der Waals surface area contributed by atoms with Gasteiger partial charge in [0.15, 0.2) is 0 Å². The van der Waals surface area contributed by atoms with Gasteiger partial charge in [0.1, 0.15) is 11.5 Å². The minimum atomic E-state index is -4.09. The highest BCUT2D eigenvalue weighted by Crippen LogP contribution is 2.37. The summed E-state index contributed by atoms with van der Waals surface area (Å²) in [5.74, 6) is 0.297. The molecule has 0 aliphatic rings. The zero-order valence-corrected chi connectivity index (χ0v) is 19.0. The van der Waals surface area contributed by atoms with E-state index >= 15 is 0 Å². The van der Waals surface area contributed by atoms with Crippen molar-refractivity contribution in [2.75, 3.05) is 13.2 Å². The molecule has 0 aromatic heterocycles. The Kier molecular flexibility index (Phi) is 7.87. The Morgan fingerprint density at radius 1 is 0.667 bits per heavy atom. The first kappa shape index (κ1) is 24.1. The molecule has 0 saturated heterocycles. The molecule has 2 aromatic carbocycles. The van der Waals surface area contributed by atoms with Gasteiger partial charge in [-0.2, -0.15) is 16.8 Å². The van der Waals surface area contributed by atoms with Crippen LogP contribution in [0, 0.1) is 0 Å². The van der Waals surface area contributed by atoms with Gasteiger partial charge in [-0.25, -0.2) is 8.37 Å². The van der Waals surface area contributed by atoms with Gasteiger partial charge in [-0.3, -0.25) is 0 Å². The lowest BCUT2D eigenvalue weighted by molar-refractivity contribution is 0.286. The van der Waals surface area contributed by atoms with Crippen LogP contribution in [0.15, 0.2) is 48.5 Å². The molecule has 0 aliphatic carbocycles. The molecule has 0 amide bonds. The molecule has 10 heteroatoms. The van der Waals surface area contributed by atoms with E-state index in [-0.39, 0.29) is 24.7 Å². The first-order valence-corrected chi connectivity index (χ1v) is 12.1. The van der Waals surface area contributed by atoms with Crippen molar-refractivity contribution in [1.82, 2.24) is 0 Å². The maximum atomic E-state index is 11.6. The number of rotatable bonds is 11. The zero-order valence-electron chi connectivity index (χ0n) is 17.3. The summed E-state index contributed by atoms with van der Waals surface area (Å²) in [5.41, 5.74) is 1.46.